The molecule has 0 aliphatic carbocycles. The number of furan rings is 1. The fourth-order valence-electron chi connectivity index (χ4n) is 0.699. The molecule has 1 aromatic heterocycles. The highest BCUT2D eigenvalue weighted by molar-refractivity contribution is 5.05. The van der Waals surface area contributed by atoms with Crippen LogP contribution in [0.5, 0.6) is 0 Å². The van der Waals surface area contributed by atoms with Gasteiger partial charge in [-0.1, -0.05) is 13.8 Å². The minimum absolute atomic E-state index is 0.0440. The third-order valence-corrected chi connectivity index (χ3v) is 1.46. The first kappa shape index (κ1) is 12.1. The van der Waals surface area contributed by atoms with Crippen LogP contribution in [0.3, 0.4) is 0 Å². The average Bonchev–Trinajstić information content (AvgIpc) is 2.57. The van der Waals surface area contributed by atoms with Gasteiger partial charge in [0.2, 0.25) is 0 Å². The van der Waals surface area contributed by atoms with E-state index in [2.05, 4.69) is 4.42 Å². The standard InChI is InChI=1S/C7H7F3O.C2H6/c1-5(7(8,9)10)6-3-2-4-11-6;1-2/h2-5H,1H3;1-2H3. The van der Waals surface area contributed by atoms with E-state index < -0.39 is 12.1 Å². The zero-order valence-corrected chi connectivity index (χ0v) is 7.85. The molecule has 0 aliphatic rings. The van der Waals surface area contributed by atoms with Gasteiger partial charge in [0, 0.05) is 0 Å². The quantitative estimate of drug-likeness (QED) is 0.659. The summed E-state index contributed by atoms with van der Waals surface area (Å²) in [6, 6.07) is 2.76. The van der Waals surface area contributed by atoms with Crippen molar-refractivity contribution in [3.8, 4) is 0 Å². The van der Waals surface area contributed by atoms with Crippen molar-refractivity contribution in [1.29, 1.82) is 0 Å². The zero-order valence-electron chi connectivity index (χ0n) is 7.85. The number of alkyl halides is 3. The van der Waals surface area contributed by atoms with E-state index in [-0.39, 0.29) is 5.76 Å². The maximum Gasteiger partial charge on any atom is 0.398 e. The Morgan fingerprint density at radius 1 is 1.31 bits per heavy atom. The van der Waals surface area contributed by atoms with Crippen molar-refractivity contribution < 1.29 is 17.6 Å². The van der Waals surface area contributed by atoms with E-state index in [4.69, 9.17) is 0 Å². The van der Waals surface area contributed by atoms with E-state index in [9.17, 15) is 13.2 Å². The lowest BCUT2D eigenvalue weighted by atomic mass is 10.1. The largest absolute Gasteiger partial charge is 0.469 e. The minimum atomic E-state index is -4.21. The van der Waals surface area contributed by atoms with Gasteiger partial charge in [-0.3, -0.25) is 0 Å². The Bertz CT molecular complexity index is 213. The van der Waals surface area contributed by atoms with E-state index in [1.807, 2.05) is 13.8 Å². The molecule has 76 valence electrons. The normalized spacial score (nSPS) is 13.1. The lowest BCUT2D eigenvalue weighted by molar-refractivity contribution is -0.149. The lowest BCUT2D eigenvalue weighted by Gasteiger charge is -2.11. The minimum Gasteiger partial charge on any atom is -0.469 e. The summed E-state index contributed by atoms with van der Waals surface area (Å²) in [6.07, 6.45) is -2.98. The lowest BCUT2D eigenvalue weighted by Crippen LogP contribution is -2.16. The van der Waals surface area contributed by atoms with Crippen LogP contribution in [0.2, 0.25) is 0 Å². The number of rotatable bonds is 1. The molecule has 0 aliphatic heterocycles. The SMILES string of the molecule is CC.CC(c1ccco1)C(F)(F)F. The molecule has 1 atom stereocenters. The van der Waals surface area contributed by atoms with Crippen LogP contribution in [0.1, 0.15) is 32.4 Å². The molecule has 0 aromatic carbocycles. The van der Waals surface area contributed by atoms with E-state index in [0.717, 1.165) is 6.92 Å². The maximum atomic E-state index is 12.0. The number of hydrogen-bond acceptors (Lipinski definition) is 1. The van der Waals surface area contributed by atoms with Gasteiger partial charge in [-0.25, -0.2) is 0 Å². The highest BCUT2D eigenvalue weighted by Gasteiger charge is 2.38. The summed E-state index contributed by atoms with van der Waals surface area (Å²) in [7, 11) is 0. The first-order chi connectivity index (χ1) is 6.02. The van der Waals surface area contributed by atoms with Crippen LogP contribution in [0, 0.1) is 0 Å². The van der Waals surface area contributed by atoms with Crippen molar-refractivity contribution in [2.45, 2.75) is 32.9 Å². The summed E-state index contributed by atoms with van der Waals surface area (Å²) in [5.74, 6) is -1.56. The molecule has 1 heterocycles. The molecule has 1 aromatic rings. The topological polar surface area (TPSA) is 13.1 Å². The van der Waals surface area contributed by atoms with E-state index in [1.165, 1.54) is 18.4 Å². The second-order valence-electron chi connectivity index (χ2n) is 2.28. The van der Waals surface area contributed by atoms with Crippen LogP contribution >= 0.6 is 0 Å². The summed E-state index contributed by atoms with van der Waals surface area (Å²) < 4.78 is 40.5. The van der Waals surface area contributed by atoms with Gasteiger partial charge in [0.25, 0.3) is 0 Å². The second kappa shape index (κ2) is 4.94. The van der Waals surface area contributed by atoms with Gasteiger partial charge in [0.05, 0.1) is 6.26 Å². The summed E-state index contributed by atoms with van der Waals surface area (Å²) in [4.78, 5) is 0. The molecule has 0 N–H and O–H groups in total. The van der Waals surface area contributed by atoms with E-state index in [1.54, 1.807) is 0 Å². The molecule has 13 heavy (non-hydrogen) atoms. The molecule has 0 fully saturated rings. The third-order valence-electron chi connectivity index (χ3n) is 1.46. The van der Waals surface area contributed by atoms with Crippen molar-refractivity contribution in [2.75, 3.05) is 0 Å². The molecule has 0 radical (unpaired) electrons. The Kier molecular flexibility index (Phi) is 4.59. The summed E-state index contributed by atoms with van der Waals surface area (Å²) in [5, 5.41) is 0. The molecule has 0 saturated carbocycles. The average molecular weight is 194 g/mol. The molecule has 4 heteroatoms. The Morgan fingerprint density at radius 3 is 2.15 bits per heavy atom. The summed E-state index contributed by atoms with van der Waals surface area (Å²) in [6.45, 7) is 5.07. The maximum absolute atomic E-state index is 12.0. The van der Waals surface area contributed by atoms with Gasteiger partial charge >= 0.3 is 6.18 Å². The monoisotopic (exact) mass is 194 g/mol. The molecule has 1 unspecified atom stereocenters. The van der Waals surface area contributed by atoms with Crippen molar-refractivity contribution in [3.05, 3.63) is 24.2 Å². The number of hydrogen-bond donors (Lipinski definition) is 0. The first-order valence-corrected chi connectivity index (χ1v) is 4.12. The van der Waals surface area contributed by atoms with Gasteiger partial charge in [-0.2, -0.15) is 13.2 Å². The summed E-state index contributed by atoms with van der Waals surface area (Å²) >= 11 is 0. The molecular formula is C9H13F3O. The fraction of sp³-hybridized carbons (Fsp3) is 0.556. The smallest absolute Gasteiger partial charge is 0.398 e. The molecule has 0 bridgehead atoms. The molecule has 0 spiro atoms. The van der Waals surface area contributed by atoms with Crippen LogP contribution in [0.15, 0.2) is 22.8 Å². The molecule has 0 saturated heterocycles. The van der Waals surface area contributed by atoms with Crippen LogP contribution in [0.25, 0.3) is 0 Å². The van der Waals surface area contributed by atoms with Crippen molar-refractivity contribution in [3.63, 3.8) is 0 Å². The first-order valence-electron chi connectivity index (χ1n) is 4.12. The van der Waals surface area contributed by atoms with Gasteiger partial charge in [-0.05, 0) is 19.1 Å². The second-order valence-corrected chi connectivity index (χ2v) is 2.28. The van der Waals surface area contributed by atoms with Crippen LogP contribution < -0.4 is 0 Å². The highest BCUT2D eigenvalue weighted by Crippen LogP contribution is 2.33. The van der Waals surface area contributed by atoms with Crippen molar-refractivity contribution in [1.82, 2.24) is 0 Å². The number of halogens is 3. The van der Waals surface area contributed by atoms with Crippen LogP contribution in [-0.2, 0) is 0 Å². The Labute approximate surface area is 75.6 Å². The summed E-state index contributed by atoms with van der Waals surface area (Å²) in [5.41, 5.74) is 0. The van der Waals surface area contributed by atoms with E-state index >= 15 is 0 Å². The third kappa shape index (κ3) is 3.53. The van der Waals surface area contributed by atoms with Crippen LogP contribution in [0.4, 0.5) is 13.2 Å². The predicted octanol–water partition coefficient (Wildman–Crippen LogP) is 3.97. The van der Waals surface area contributed by atoms with Gasteiger partial charge < -0.3 is 4.42 Å². The van der Waals surface area contributed by atoms with Gasteiger partial charge in [-0.15, -0.1) is 0 Å². The molecule has 1 rings (SSSR count). The van der Waals surface area contributed by atoms with Crippen molar-refractivity contribution in [2.24, 2.45) is 0 Å². The van der Waals surface area contributed by atoms with E-state index in [0.29, 0.717) is 0 Å². The highest BCUT2D eigenvalue weighted by atomic mass is 19.4. The zero-order chi connectivity index (χ0) is 10.5. The van der Waals surface area contributed by atoms with Gasteiger partial charge in [0.15, 0.2) is 0 Å². The Morgan fingerprint density at radius 2 is 1.85 bits per heavy atom. The van der Waals surface area contributed by atoms with Crippen molar-refractivity contribution >= 4 is 0 Å². The fourth-order valence-corrected chi connectivity index (χ4v) is 0.699. The molecule has 1 nitrogen and oxygen atoms in total. The Balaban J connectivity index is 0.000000671. The van der Waals surface area contributed by atoms with Crippen LogP contribution in [-0.4, -0.2) is 6.18 Å². The molecular weight excluding hydrogens is 181 g/mol. The predicted molar refractivity (Wildman–Crippen MR) is 44.5 cm³/mol. The Hall–Kier alpha value is -0.930. The van der Waals surface area contributed by atoms with Gasteiger partial charge in [0.1, 0.15) is 11.7 Å². The molecule has 0 amide bonds.